The minimum absolute atomic E-state index is 0.0426. The molecule has 4 rings (SSSR count). The predicted molar refractivity (Wildman–Crippen MR) is 115 cm³/mol. The summed E-state index contributed by atoms with van der Waals surface area (Å²) in [5.41, 5.74) is 1.18. The maximum Gasteiger partial charge on any atom is 0.418 e. The molecule has 32 heavy (non-hydrogen) atoms. The average Bonchev–Trinajstić information content (AvgIpc) is 3.06. The van der Waals surface area contributed by atoms with E-state index in [1.54, 1.807) is 18.5 Å². The lowest BCUT2D eigenvalue weighted by Crippen LogP contribution is -2.13. The number of alkyl halides is 3. The van der Waals surface area contributed by atoms with Gasteiger partial charge in [-0.1, -0.05) is 6.07 Å². The molecule has 3 N–H and O–H groups in total. The first-order valence-corrected chi connectivity index (χ1v) is 9.73. The van der Waals surface area contributed by atoms with Crippen LogP contribution in [-0.2, 0) is 17.4 Å². The predicted octanol–water partition coefficient (Wildman–Crippen LogP) is 5.30. The Labute approximate surface area is 181 Å². The van der Waals surface area contributed by atoms with E-state index in [9.17, 15) is 22.4 Å². The van der Waals surface area contributed by atoms with E-state index < -0.39 is 23.5 Å². The van der Waals surface area contributed by atoms with Crippen LogP contribution in [-0.4, -0.2) is 17.4 Å². The highest BCUT2D eigenvalue weighted by atomic mass is 19.4. The second-order valence-corrected chi connectivity index (χ2v) is 7.14. The number of fused-ring (bicyclic) bond motifs is 1. The lowest BCUT2D eigenvalue weighted by molar-refractivity contribution is -0.136. The Hall–Kier alpha value is -3.88. The fourth-order valence-electron chi connectivity index (χ4n) is 3.38. The number of anilines is 3. The van der Waals surface area contributed by atoms with Gasteiger partial charge in [-0.2, -0.15) is 13.2 Å². The van der Waals surface area contributed by atoms with Gasteiger partial charge >= 0.3 is 6.18 Å². The number of nitrogens with one attached hydrogen (secondary N) is 3. The van der Waals surface area contributed by atoms with Crippen LogP contribution >= 0.6 is 0 Å². The lowest BCUT2D eigenvalue weighted by atomic mass is 10.1. The number of hydrogen-bond donors (Lipinski definition) is 3. The van der Waals surface area contributed by atoms with E-state index in [2.05, 4.69) is 20.9 Å². The van der Waals surface area contributed by atoms with E-state index in [1.807, 2.05) is 6.07 Å². The van der Waals surface area contributed by atoms with Crippen molar-refractivity contribution in [2.45, 2.75) is 12.6 Å². The third kappa shape index (κ3) is 4.72. The number of carbonyl (C=O) groups excluding carboxylic acids is 1. The van der Waals surface area contributed by atoms with Crippen molar-refractivity contribution in [2.24, 2.45) is 0 Å². The van der Waals surface area contributed by atoms with Crippen molar-refractivity contribution in [3.63, 3.8) is 0 Å². The average molecular weight is 442 g/mol. The quantitative estimate of drug-likeness (QED) is 0.358. The van der Waals surface area contributed by atoms with Gasteiger partial charge in [-0.25, -0.2) is 4.39 Å². The molecule has 1 aromatic heterocycles. The highest BCUT2D eigenvalue weighted by Crippen LogP contribution is 2.37. The third-order valence-corrected chi connectivity index (χ3v) is 4.92. The molecule has 0 spiro atoms. The zero-order valence-electron chi connectivity index (χ0n) is 16.6. The standard InChI is InChI=1S/C23H18F4N4O/c24-15-3-5-17-18(22(32)31-21(17)10-15)13-30-16-4-6-20(19(11-16)23(25,26)27)29-9-7-14-2-1-8-28-12-14/h1-6,8,10-13,29-30H,7,9H2,(H,31,32)/b18-13+. The summed E-state index contributed by atoms with van der Waals surface area (Å²) < 4.78 is 54.2. The Morgan fingerprint density at radius 3 is 2.69 bits per heavy atom. The van der Waals surface area contributed by atoms with Crippen LogP contribution in [0.4, 0.5) is 34.6 Å². The van der Waals surface area contributed by atoms with Gasteiger partial charge in [-0.05, 0) is 54.4 Å². The molecule has 0 radical (unpaired) electrons. The van der Waals surface area contributed by atoms with Crippen LogP contribution in [0.3, 0.4) is 0 Å². The van der Waals surface area contributed by atoms with Gasteiger partial charge in [-0.15, -0.1) is 0 Å². The Bertz CT molecular complexity index is 1180. The van der Waals surface area contributed by atoms with Crippen molar-refractivity contribution in [3.05, 3.63) is 89.6 Å². The van der Waals surface area contributed by atoms with Crippen LogP contribution in [0, 0.1) is 5.82 Å². The van der Waals surface area contributed by atoms with Gasteiger partial charge in [-0.3, -0.25) is 9.78 Å². The largest absolute Gasteiger partial charge is 0.418 e. The highest BCUT2D eigenvalue weighted by Gasteiger charge is 2.34. The van der Waals surface area contributed by atoms with E-state index in [0.717, 1.165) is 11.6 Å². The van der Waals surface area contributed by atoms with Crippen molar-refractivity contribution >= 4 is 28.5 Å². The molecule has 2 aromatic carbocycles. The lowest BCUT2D eigenvalue weighted by Gasteiger charge is -2.16. The van der Waals surface area contributed by atoms with Gasteiger partial charge < -0.3 is 16.0 Å². The maximum atomic E-state index is 13.6. The maximum absolute atomic E-state index is 13.6. The number of aromatic nitrogens is 1. The van der Waals surface area contributed by atoms with Crippen LogP contribution in [0.2, 0.25) is 0 Å². The summed E-state index contributed by atoms with van der Waals surface area (Å²) in [7, 11) is 0. The molecular weight excluding hydrogens is 424 g/mol. The van der Waals surface area contributed by atoms with E-state index in [0.29, 0.717) is 24.2 Å². The molecule has 1 aliphatic heterocycles. The molecule has 0 saturated carbocycles. The van der Waals surface area contributed by atoms with Crippen LogP contribution < -0.4 is 16.0 Å². The first kappa shape index (κ1) is 21.4. The Morgan fingerprint density at radius 1 is 1.09 bits per heavy atom. The second kappa shape index (κ2) is 8.70. The summed E-state index contributed by atoms with van der Waals surface area (Å²) in [4.78, 5) is 16.1. The zero-order valence-corrected chi connectivity index (χ0v) is 16.6. The molecule has 1 amide bonds. The third-order valence-electron chi connectivity index (χ3n) is 4.92. The van der Waals surface area contributed by atoms with Gasteiger partial charge in [0.05, 0.1) is 16.8 Å². The molecule has 5 nitrogen and oxygen atoms in total. The van der Waals surface area contributed by atoms with Crippen LogP contribution in [0.5, 0.6) is 0 Å². The van der Waals surface area contributed by atoms with Crippen molar-refractivity contribution in [3.8, 4) is 0 Å². The number of pyridine rings is 1. The van der Waals surface area contributed by atoms with Crippen molar-refractivity contribution < 1.29 is 22.4 Å². The molecule has 1 aliphatic rings. The number of benzene rings is 2. The van der Waals surface area contributed by atoms with Crippen molar-refractivity contribution in [2.75, 3.05) is 22.5 Å². The molecule has 164 valence electrons. The molecule has 0 bridgehead atoms. The van der Waals surface area contributed by atoms with E-state index in [1.165, 1.54) is 36.5 Å². The van der Waals surface area contributed by atoms with E-state index in [4.69, 9.17) is 0 Å². The monoisotopic (exact) mass is 442 g/mol. The minimum Gasteiger partial charge on any atom is -0.384 e. The minimum atomic E-state index is -4.57. The van der Waals surface area contributed by atoms with Crippen molar-refractivity contribution in [1.82, 2.24) is 4.98 Å². The molecule has 0 aliphatic carbocycles. The number of amides is 1. The first-order valence-electron chi connectivity index (χ1n) is 9.73. The molecule has 0 fully saturated rings. The number of rotatable bonds is 6. The summed E-state index contributed by atoms with van der Waals surface area (Å²) in [5.74, 6) is -0.970. The van der Waals surface area contributed by atoms with Gasteiger partial charge in [0.2, 0.25) is 0 Å². The van der Waals surface area contributed by atoms with Gasteiger partial charge in [0, 0.05) is 42.1 Å². The zero-order chi connectivity index (χ0) is 22.7. The summed E-state index contributed by atoms with van der Waals surface area (Å²) in [6.07, 6.45) is 0.553. The normalized spacial score (nSPS) is 14.2. The van der Waals surface area contributed by atoms with Gasteiger partial charge in [0.25, 0.3) is 5.91 Å². The molecule has 3 aromatic rings. The summed E-state index contributed by atoms with van der Waals surface area (Å²) >= 11 is 0. The number of hydrogen-bond acceptors (Lipinski definition) is 4. The highest BCUT2D eigenvalue weighted by molar-refractivity contribution is 6.31. The molecule has 9 heteroatoms. The Kier molecular flexibility index (Phi) is 5.81. The summed E-state index contributed by atoms with van der Waals surface area (Å²) in [5, 5.41) is 8.09. The summed E-state index contributed by atoms with van der Waals surface area (Å²) in [6, 6.07) is 11.2. The molecule has 2 heterocycles. The van der Waals surface area contributed by atoms with Gasteiger partial charge in [0.1, 0.15) is 5.82 Å². The topological polar surface area (TPSA) is 66.1 Å². The Morgan fingerprint density at radius 2 is 1.94 bits per heavy atom. The van der Waals surface area contributed by atoms with Crippen molar-refractivity contribution in [1.29, 1.82) is 0 Å². The fraction of sp³-hybridized carbons (Fsp3) is 0.130. The van der Waals surface area contributed by atoms with Crippen LogP contribution in [0.25, 0.3) is 5.57 Å². The molecule has 0 unspecified atom stereocenters. The molecule has 0 saturated heterocycles. The second-order valence-electron chi connectivity index (χ2n) is 7.14. The molecular formula is C23H18F4N4O. The van der Waals surface area contributed by atoms with Crippen LogP contribution in [0.15, 0.2) is 67.1 Å². The smallest absolute Gasteiger partial charge is 0.384 e. The van der Waals surface area contributed by atoms with Crippen LogP contribution in [0.1, 0.15) is 16.7 Å². The SMILES string of the molecule is O=C1Nc2cc(F)ccc2/C1=C\Nc1ccc(NCCc2cccnc2)c(C(F)(F)F)c1. The van der Waals surface area contributed by atoms with E-state index >= 15 is 0 Å². The fourth-order valence-corrected chi connectivity index (χ4v) is 3.38. The summed E-state index contributed by atoms with van der Waals surface area (Å²) in [6.45, 7) is 0.305. The number of nitrogens with zero attached hydrogens (tertiary/aromatic N) is 1. The first-order chi connectivity index (χ1) is 15.3. The number of halogens is 4. The van der Waals surface area contributed by atoms with E-state index in [-0.39, 0.29) is 16.9 Å². The van der Waals surface area contributed by atoms with Gasteiger partial charge in [0.15, 0.2) is 0 Å². The Balaban J connectivity index is 1.52. The molecule has 0 atom stereocenters. The number of carbonyl (C=O) groups is 1.